The Hall–Kier alpha value is -4.41. The highest BCUT2D eigenvalue weighted by Crippen LogP contribution is 2.30. The van der Waals surface area contributed by atoms with E-state index in [0.29, 0.717) is 12.0 Å². The molecule has 270 valence electrons. The Bertz CT molecular complexity index is 1430. The van der Waals surface area contributed by atoms with E-state index in [9.17, 15) is 24.0 Å². The van der Waals surface area contributed by atoms with Crippen LogP contribution in [0.5, 0.6) is 0 Å². The highest BCUT2D eigenvalue weighted by molar-refractivity contribution is 5.96. The summed E-state index contributed by atoms with van der Waals surface area (Å²) in [6.45, 7) is 18.0. The number of hydrogen-bond donors (Lipinski definition) is 3. The summed E-state index contributed by atoms with van der Waals surface area (Å²) in [7, 11) is 0. The Morgan fingerprint density at radius 2 is 1.35 bits per heavy atom. The van der Waals surface area contributed by atoms with E-state index in [1.807, 2.05) is 56.3 Å². The third-order valence-electron chi connectivity index (χ3n) is 7.59. The molecule has 0 spiro atoms. The Labute approximate surface area is 291 Å². The van der Waals surface area contributed by atoms with Gasteiger partial charge in [-0.05, 0) is 90.8 Å². The number of carbonyl (C=O) groups is 5. The van der Waals surface area contributed by atoms with E-state index in [-0.39, 0.29) is 12.3 Å². The van der Waals surface area contributed by atoms with Gasteiger partial charge in [0.2, 0.25) is 17.7 Å². The Kier molecular flexibility index (Phi) is 14.8. The lowest BCUT2D eigenvalue weighted by molar-refractivity contribution is -0.159. The van der Waals surface area contributed by atoms with Crippen LogP contribution in [0.15, 0.2) is 54.6 Å². The van der Waals surface area contributed by atoms with Crippen LogP contribution in [0.4, 0.5) is 4.79 Å². The molecule has 4 amide bonds. The monoisotopic (exact) mass is 680 g/mol. The van der Waals surface area contributed by atoms with Crippen LogP contribution in [0.3, 0.4) is 0 Å². The van der Waals surface area contributed by atoms with Crippen LogP contribution in [-0.2, 0) is 35.1 Å². The van der Waals surface area contributed by atoms with Crippen LogP contribution >= 0.6 is 0 Å². The normalized spacial score (nSPS) is 14.2. The van der Waals surface area contributed by atoms with Crippen molar-refractivity contribution < 1.29 is 33.4 Å². The molecule has 0 aliphatic rings. The van der Waals surface area contributed by atoms with Crippen molar-refractivity contribution in [1.29, 1.82) is 0 Å². The second kappa shape index (κ2) is 17.8. The largest absolute Gasteiger partial charge is 0.458 e. The Morgan fingerprint density at radius 1 is 0.776 bits per heavy atom. The number of carbonyl (C=O) groups excluding carboxylic acids is 5. The Balaban J connectivity index is 2.73. The lowest BCUT2D eigenvalue weighted by Gasteiger charge is -2.39. The molecule has 11 heteroatoms. The molecular weight excluding hydrogens is 624 g/mol. The van der Waals surface area contributed by atoms with Crippen molar-refractivity contribution in [2.24, 2.45) is 11.7 Å². The van der Waals surface area contributed by atoms with Gasteiger partial charge < -0.3 is 30.7 Å². The molecule has 11 nitrogen and oxygen atoms in total. The first-order valence-corrected chi connectivity index (χ1v) is 16.9. The summed E-state index contributed by atoms with van der Waals surface area (Å²) in [4.78, 5) is 69.5. The van der Waals surface area contributed by atoms with Gasteiger partial charge in [0.05, 0.1) is 6.42 Å². The van der Waals surface area contributed by atoms with Gasteiger partial charge in [-0.25, -0.2) is 9.59 Å². The van der Waals surface area contributed by atoms with Crippen molar-refractivity contribution >= 4 is 29.8 Å². The van der Waals surface area contributed by atoms with Gasteiger partial charge >= 0.3 is 12.1 Å². The van der Waals surface area contributed by atoms with Crippen molar-refractivity contribution in [2.45, 2.75) is 130 Å². The van der Waals surface area contributed by atoms with Crippen molar-refractivity contribution in [2.75, 3.05) is 0 Å². The van der Waals surface area contributed by atoms with E-state index in [2.05, 4.69) is 24.5 Å². The van der Waals surface area contributed by atoms with E-state index in [1.54, 1.807) is 53.7 Å². The van der Waals surface area contributed by atoms with Gasteiger partial charge in [-0.1, -0.05) is 68.4 Å². The molecule has 2 rings (SSSR count). The van der Waals surface area contributed by atoms with E-state index in [4.69, 9.17) is 15.2 Å². The summed E-state index contributed by atoms with van der Waals surface area (Å²) >= 11 is 0. The maximum Gasteiger partial charge on any atom is 0.408 e. The van der Waals surface area contributed by atoms with Crippen LogP contribution in [0, 0.1) is 12.8 Å². The van der Waals surface area contributed by atoms with Crippen LogP contribution in [0.25, 0.3) is 0 Å². The second-order valence-electron chi connectivity index (χ2n) is 15.0. The molecule has 0 radical (unpaired) electrons. The molecule has 2 aromatic rings. The average molecular weight is 681 g/mol. The highest BCUT2D eigenvalue weighted by Gasteiger charge is 2.41. The van der Waals surface area contributed by atoms with E-state index >= 15 is 0 Å². The van der Waals surface area contributed by atoms with E-state index in [1.165, 1.54) is 4.90 Å². The summed E-state index contributed by atoms with van der Waals surface area (Å²) in [6, 6.07) is 12.1. The maximum absolute atomic E-state index is 14.7. The lowest BCUT2D eigenvalue weighted by Crippen LogP contribution is -2.57. The first-order chi connectivity index (χ1) is 22.7. The number of rotatable bonds is 15. The molecule has 0 aromatic heterocycles. The molecule has 49 heavy (non-hydrogen) atoms. The van der Waals surface area contributed by atoms with Gasteiger partial charge in [0, 0.05) is 12.5 Å². The minimum Gasteiger partial charge on any atom is -0.458 e. The first-order valence-electron chi connectivity index (χ1n) is 16.9. The van der Waals surface area contributed by atoms with Crippen molar-refractivity contribution in [3.63, 3.8) is 0 Å². The number of ether oxygens (including phenoxy) is 2. The molecule has 4 unspecified atom stereocenters. The number of aryl methyl sites for hydroxylation is 1. The lowest BCUT2D eigenvalue weighted by atomic mass is 9.94. The first kappa shape index (κ1) is 40.8. The fourth-order valence-corrected chi connectivity index (χ4v) is 5.32. The molecule has 0 saturated carbocycles. The van der Waals surface area contributed by atoms with Crippen LogP contribution in [-0.4, -0.2) is 64.0 Å². The maximum atomic E-state index is 14.7. The van der Waals surface area contributed by atoms with Gasteiger partial charge in [0.25, 0.3) is 0 Å². The number of amides is 4. The number of nitrogens with two attached hydrogens (primary N) is 1. The molecular formula is C38H56N4O7. The van der Waals surface area contributed by atoms with Crippen LogP contribution in [0.2, 0.25) is 0 Å². The third-order valence-corrected chi connectivity index (χ3v) is 7.59. The number of esters is 1. The number of nitrogens with zero attached hydrogens (tertiary/aromatic N) is 1. The van der Waals surface area contributed by atoms with Crippen molar-refractivity contribution in [3.05, 3.63) is 71.3 Å². The quantitative estimate of drug-likeness (QED) is 0.209. The summed E-state index contributed by atoms with van der Waals surface area (Å²) in [5.74, 6) is -2.48. The molecule has 0 saturated heterocycles. The zero-order valence-electron chi connectivity index (χ0n) is 30.8. The number of alkyl carbamates (subject to hydrolysis) is 1. The molecule has 0 fully saturated rings. The summed E-state index contributed by atoms with van der Waals surface area (Å²) < 4.78 is 11.1. The minimum absolute atomic E-state index is 0.142. The zero-order chi connectivity index (χ0) is 37.1. The Morgan fingerprint density at radius 3 is 1.88 bits per heavy atom. The van der Waals surface area contributed by atoms with Crippen molar-refractivity contribution in [1.82, 2.24) is 15.5 Å². The van der Waals surface area contributed by atoms with Gasteiger partial charge in [-0.2, -0.15) is 0 Å². The summed E-state index contributed by atoms with van der Waals surface area (Å²) in [5, 5.41) is 5.43. The van der Waals surface area contributed by atoms with Gasteiger partial charge in [0.1, 0.15) is 29.3 Å². The zero-order valence-corrected chi connectivity index (χ0v) is 30.8. The third kappa shape index (κ3) is 13.9. The molecule has 0 heterocycles. The fraction of sp³-hybridized carbons (Fsp3) is 0.553. The molecule has 0 aliphatic carbocycles. The minimum atomic E-state index is -1.43. The topological polar surface area (TPSA) is 157 Å². The average Bonchev–Trinajstić information content (AvgIpc) is 2.96. The summed E-state index contributed by atoms with van der Waals surface area (Å²) in [5.41, 5.74) is 5.90. The van der Waals surface area contributed by atoms with Gasteiger partial charge in [-0.3, -0.25) is 14.4 Å². The molecule has 4 N–H and O–H groups in total. The van der Waals surface area contributed by atoms with E-state index in [0.717, 1.165) is 17.5 Å². The molecule has 4 atom stereocenters. The second-order valence-corrected chi connectivity index (χ2v) is 15.0. The summed E-state index contributed by atoms with van der Waals surface area (Å²) in [6.07, 6.45) is -0.0620. The number of nitrogens with one attached hydrogen (secondary N) is 2. The van der Waals surface area contributed by atoms with Crippen LogP contribution in [0.1, 0.15) is 104 Å². The number of primary amides is 1. The van der Waals surface area contributed by atoms with Crippen molar-refractivity contribution in [3.8, 4) is 0 Å². The van der Waals surface area contributed by atoms with Gasteiger partial charge in [0.15, 0.2) is 0 Å². The predicted octanol–water partition coefficient (Wildman–Crippen LogP) is 5.53. The van der Waals surface area contributed by atoms with Crippen LogP contribution < -0.4 is 16.4 Å². The molecule has 0 aliphatic heterocycles. The number of hydrogen-bond acceptors (Lipinski definition) is 7. The SMILES string of the molecule is Cc1ccccc1C(C(=O)NC(Cc1ccccc1)C(=O)OC(C)(C)C)N(C(=O)C(CC(N)=O)NC(=O)OC(C)(C)C)C(C)CCC(C)C. The molecule has 0 bridgehead atoms. The van der Waals surface area contributed by atoms with Gasteiger partial charge in [-0.15, -0.1) is 0 Å². The highest BCUT2D eigenvalue weighted by atomic mass is 16.6. The molecule has 2 aromatic carbocycles. The predicted molar refractivity (Wildman–Crippen MR) is 189 cm³/mol. The fourth-order valence-electron chi connectivity index (χ4n) is 5.32. The van der Waals surface area contributed by atoms with E-state index < -0.39 is 71.6 Å². The smallest absolute Gasteiger partial charge is 0.408 e. The standard InChI is InChI=1S/C38H56N4O7/c1-24(2)20-21-26(4)42(34(45)29(23-31(39)43)41-36(47)49-38(8,9)10)32(28-19-15-14-16-25(28)3)33(44)40-30(35(46)48-37(5,6)7)22-27-17-12-11-13-18-27/h11-19,24,26,29-30,32H,20-23H2,1-10H3,(H2,39,43)(H,40,44)(H,41,47). The number of benzene rings is 2.